The van der Waals surface area contributed by atoms with Crippen molar-refractivity contribution in [3.05, 3.63) is 33.3 Å². The van der Waals surface area contributed by atoms with Crippen molar-refractivity contribution in [3.8, 4) is 0 Å². The molecule has 2 rings (SSSR count). The Labute approximate surface area is 126 Å². The molecular weight excluding hydrogens is 339 g/mol. The van der Waals surface area contributed by atoms with E-state index in [1.54, 1.807) is 17.0 Å². The minimum Gasteiger partial charge on any atom is -0.337 e. The van der Waals surface area contributed by atoms with E-state index in [1.165, 1.54) is 0 Å². The molecule has 1 atom stereocenters. The average Bonchev–Trinajstić information content (AvgIpc) is 2.80. The maximum atomic E-state index is 12.3. The molecule has 0 saturated carbocycles. The van der Waals surface area contributed by atoms with Crippen LogP contribution in [-0.4, -0.2) is 37.0 Å². The lowest BCUT2D eigenvalue weighted by Gasteiger charge is -2.24. The van der Waals surface area contributed by atoms with Crippen LogP contribution in [0.5, 0.6) is 0 Å². The molecule has 100 valence electrons. The van der Waals surface area contributed by atoms with Gasteiger partial charge in [0.1, 0.15) is 0 Å². The molecule has 1 amide bonds. The normalized spacial score (nSPS) is 18.3. The van der Waals surface area contributed by atoms with E-state index in [9.17, 15) is 4.79 Å². The molecule has 18 heavy (non-hydrogen) atoms. The predicted octanol–water partition coefficient (Wildman–Crippen LogP) is 2.96. The first-order valence-electron chi connectivity index (χ1n) is 5.52. The highest BCUT2D eigenvalue weighted by Crippen LogP contribution is 2.23. The fraction of sp³-hybridized carbons (Fsp3) is 0.417. The molecule has 3 nitrogen and oxygen atoms in total. The predicted molar refractivity (Wildman–Crippen MR) is 79.8 cm³/mol. The molecule has 1 saturated heterocycles. The molecule has 6 heteroatoms. The summed E-state index contributed by atoms with van der Waals surface area (Å²) in [5.41, 5.74) is 0.560. The number of rotatable bonds is 2. The standard InChI is InChI=1S/C12H14BrClN2O.ClH/c1-16(9-4-5-15-7-9)12(17)10-3-2-8(13)6-11(10)14;/h2-3,6,9,15H,4-5,7H2,1H3;1H. The van der Waals surface area contributed by atoms with Gasteiger partial charge in [-0.05, 0) is 31.2 Å². The average molecular weight is 354 g/mol. The maximum absolute atomic E-state index is 12.3. The summed E-state index contributed by atoms with van der Waals surface area (Å²) < 4.78 is 0.879. The molecular formula is C12H15BrCl2N2O. The van der Waals surface area contributed by atoms with Crippen LogP contribution in [0.1, 0.15) is 16.8 Å². The van der Waals surface area contributed by atoms with E-state index in [0.717, 1.165) is 24.0 Å². The molecule has 0 bridgehead atoms. The van der Waals surface area contributed by atoms with E-state index in [1.807, 2.05) is 13.1 Å². The van der Waals surface area contributed by atoms with Crippen LogP contribution >= 0.6 is 39.9 Å². The zero-order chi connectivity index (χ0) is 12.4. The largest absolute Gasteiger partial charge is 0.337 e. The lowest BCUT2D eigenvalue weighted by atomic mass is 10.1. The first-order chi connectivity index (χ1) is 8.09. The number of carbonyl (C=O) groups excluding carboxylic acids is 1. The third kappa shape index (κ3) is 3.38. The van der Waals surface area contributed by atoms with Gasteiger partial charge in [-0.25, -0.2) is 0 Å². The van der Waals surface area contributed by atoms with E-state index < -0.39 is 0 Å². The number of benzene rings is 1. The highest BCUT2D eigenvalue weighted by Gasteiger charge is 2.25. The van der Waals surface area contributed by atoms with Crippen molar-refractivity contribution in [2.45, 2.75) is 12.5 Å². The number of nitrogens with one attached hydrogen (secondary N) is 1. The topological polar surface area (TPSA) is 32.3 Å². The monoisotopic (exact) mass is 352 g/mol. The summed E-state index contributed by atoms with van der Waals surface area (Å²) in [7, 11) is 1.83. The summed E-state index contributed by atoms with van der Waals surface area (Å²) in [6.45, 7) is 1.83. The lowest BCUT2D eigenvalue weighted by molar-refractivity contribution is 0.0744. The molecule has 1 heterocycles. The molecule has 1 fully saturated rings. The molecule has 0 spiro atoms. The van der Waals surface area contributed by atoms with E-state index >= 15 is 0 Å². The Kier molecular flexibility index (Phi) is 5.92. The zero-order valence-electron chi connectivity index (χ0n) is 9.95. The maximum Gasteiger partial charge on any atom is 0.255 e. The van der Waals surface area contributed by atoms with Gasteiger partial charge < -0.3 is 10.2 Å². The Hall–Kier alpha value is -0.290. The Morgan fingerprint density at radius 1 is 1.56 bits per heavy atom. The van der Waals surface area contributed by atoms with E-state index in [4.69, 9.17) is 11.6 Å². The highest BCUT2D eigenvalue weighted by molar-refractivity contribution is 9.10. The Balaban J connectivity index is 0.00000162. The van der Waals surface area contributed by atoms with Crippen molar-refractivity contribution >= 4 is 45.8 Å². The number of nitrogens with zero attached hydrogens (tertiary/aromatic N) is 1. The number of halogens is 3. The number of hydrogen-bond donors (Lipinski definition) is 1. The third-order valence-corrected chi connectivity index (χ3v) is 3.87. The summed E-state index contributed by atoms with van der Waals surface area (Å²) in [6, 6.07) is 5.60. The molecule has 0 aliphatic carbocycles. The second kappa shape index (κ2) is 6.75. The van der Waals surface area contributed by atoms with Gasteiger partial charge in [0.25, 0.3) is 5.91 Å². The first kappa shape index (κ1) is 15.8. The van der Waals surface area contributed by atoms with Crippen LogP contribution in [0, 0.1) is 0 Å². The first-order valence-corrected chi connectivity index (χ1v) is 6.69. The second-order valence-electron chi connectivity index (χ2n) is 4.19. The van der Waals surface area contributed by atoms with Gasteiger partial charge in [-0.15, -0.1) is 12.4 Å². The number of likely N-dealkylation sites (N-methyl/N-ethyl adjacent to an activating group) is 1. The molecule has 1 unspecified atom stereocenters. The van der Waals surface area contributed by atoms with Gasteiger partial charge in [0.2, 0.25) is 0 Å². The van der Waals surface area contributed by atoms with Gasteiger partial charge in [0.05, 0.1) is 10.6 Å². The summed E-state index contributed by atoms with van der Waals surface area (Å²) >= 11 is 9.41. The third-order valence-electron chi connectivity index (χ3n) is 3.06. The van der Waals surface area contributed by atoms with Gasteiger partial charge in [-0.3, -0.25) is 4.79 Å². The van der Waals surface area contributed by atoms with Crippen LogP contribution in [0.4, 0.5) is 0 Å². The van der Waals surface area contributed by atoms with Crippen molar-refractivity contribution in [1.29, 1.82) is 0 Å². The SMILES string of the molecule is CN(C(=O)c1ccc(Br)cc1Cl)C1CCNC1.Cl. The van der Waals surface area contributed by atoms with E-state index in [2.05, 4.69) is 21.2 Å². The van der Waals surface area contributed by atoms with Crippen LogP contribution in [0.2, 0.25) is 5.02 Å². The minimum atomic E-state index is -0.0174. The van der Waals surface area contributed by atoms with Crippen LogP contribution in [-0.2, 0) is 0 Å². The second-order valence-corrected chi connectivity index (χ2v) is 5.51. The molecule has 1 aliphatic heterocycles. The van der Waals surface area contributed by atoms with Crippen LogP contribution in [0.25, 0.3) is 0 Å². The van der Waals surface area contributed by atoms with Gasteiger partial charge in [0.15, 0.2) is 0 Å². The van der Waals surface area contributed by atoms with Crippen molar-refractivity contribution in [2.75, 3.05) is 20.1 Å². The van der Waals surface area contributed by atoms with Crippen LogP contribution in [0.3, 0.4) is 0 Å². The Morgan fingerprint density at radius 2 is 2.28 bits per heavy atom. The van der Waals surface area contributed by atoms with Crippen molar-refractivity contribution in [3.63, 3.8) is 0 Å². The summed E-state index contributed by atoms with van der Waals surface area (Å²) in [5.74, 6) is -0.0174. The fourth-order valence-electron chi connectivity index (χ4n) is 1.99. The highest BCUT2D eigenvalue weighted by atomic mass is 79.9. The summed E-state index contributed by atoms with van der Waals surface area (Å²) in [4.78, 5) is 14.0. The molecule has 1 N–H and O–H groups in total. The number of hydrogen-bond acceptors (Lipinski definition) is 2. The smallest absolute Gasteiger partial charge is 0.255 e. The fourth-order valence-corrected chi connectivity index (χ4v) is 2.74. The van der Waals surface area contributed by atoms with Gasteiger partial charge in [-0.2, -0.15) is 0 Å². The molecule has 0 aromatic heterocycles. The quantitative estimate of drug-likeness (QED) is 0.886. The van der Waals surface area contributed by atoms with E-state index in [0.29, 0.717) is 10.6 Å². The number of carbonyl (C=O) groups is 1. The number of amides is 1. The van der Waals surface area contributed by atoms with Crippen LogP contribution in [0.15, 0.2) is 22.7 Å². The van der Waals surface area contributed by atoms with Gasteiger partial charge in [-0.1, -0.05) is 27.5 Å². The van der Waals surface area contributed by atoms with Crippen molar-refractivity contribution in [1.82, 2.24) is 10.2 Å². The summed E-state index contributed by atoms with van der Waals surface area (Å²) in [5, 5.41) is 3.74. The Bertz CT molecular complexity index is 436. The molecule has 0 radical (unpaired) electrons. The van der Waals surface area contributed by atoms with Crippen molar-refractivity contribution < 1.29 is 4.79 Å². The molecule has 1 aliphatic rings. The van der Waals surface area contributed by atoms with Crippen molar-refractivity contribution in [2.24, 2.45) is 0 Å². The van der Waals surface area contributed by atoms with E-state index in [-0.39, 0.29) is 24.4 Å². The van der Waals surface area contributed by atoms with Gasteiger partial charge >= 0.3 is 0 Å². The zero-order valence-corrected chi connectivity index (χ0v) is 13.1. The Morgan fingerprint density at radius 3 is 2.83 bits per heavy atom. The lowest BCUT2D eigenvalue weighted by Crippen LogP contribution is -2.38. The van der Waals surface area contributed by atoms with Crippen LogP contribution < -0.4 is 5.32 Å². The summed E-state index contributed by atoms with van der Waals surface area (Å²) in [6.07, 6.45) is 0.996. The minimum absolute atomic E-state index is 0. The molecule has 1 aromatic carbocycles. The van der Waals surface area contributed by atoms with Gasteiger partial charge in [0, 0.05) is 24.1 Å². The molecule has 1 aromatic rings.